The van der Waals surface area contributed by atoms with Crippen LogP contribution in [0.3, 0.4) is 0 Å². The summed E-state index contributed by atoms with van der Waals surface area (Å²) in [6.07, 6.45) is 3.46. The first-order valence-corrected chi connectivity index (χ1v) is 13.9. The van der Waals surface area contributed by atoms with Crippen molar-refractivity contribution in [1.29, 1.82) is 0 Å². The first kappa shape index (κ1) is 34.3. The summed E-state index contributed by atoms with van der Waals surface area (Å²) in [6.45, 7) is 8.08. The molecule has 13 heteroatoms. The number of anilines is 1. The lowest BCUT2D eigenvalue weighted by atomic mass is 10.0. The molecule has 0 radical (unpaired) electrons. The van der Waals surface area contributed by atoms with Gasteiger partial charge >= 0.3 is 6.03 Å². The Morgan fingerprint density at radius 3 is 2.28 bits per heavy atom. The Balaban J connectivity index is 2.94. The second-order valence-corrected chi connectivity index (χ2v) is 10.3. The molecule has 0 aliphatic heterocycles. The number of hydrogen-bond acceptors (Lipinski definition) is 7. The summed E-state index contributed by atoms with van der Waals surface area (Å²) in [5.74, 6) is -1.07. The lowest BCUT2D eigenvalue weighted by molar-refractivity contribution is -0.131. The zero-order valence-corrected chi connectivity index (χ0v) is 25.0. The van der Waals surface area contributed by atoms with E-state index in [4.69, 9.17) is 10.5 Å². The number of nitrogens with one attached hydrogen (secondary N) is 5. The topological polar surface area (TPSA) is 184 Å². The lowest BCUT2D eigenvalue weighted by Crippen LogP contribution is -2.54. The standard InChI is InChI=1S/C26H41IN6O6/c1-16(2)8-13-21(34)32-22(17(3)4)24(36)31-20(7-5-6-14-29-25(28)37)23(35)30-19-11-9-18(10-12-19)15-39-26(38)33-27/h5,7,9-12,16-17,20,22,26,33,38H,6,8,13-15H2,1-4H3,(H,30,35)(H,31,36)(H,32,34)(H3,28,29,37)/b7-5+/t20-,22-,26?/m0/s1. The number of primary amides is 1. The van der Waals surface area contributed by atoms with Gasteiger partial charge < -0.3 is 36.8 Å². The Hall–Kier alpha value is -2.75. The molecule has 1 aromatic rings. The highest BCUT2D eigenvalue weighted by Gasteiger charge is 2.28. The third-order valence-electron chi connectivity index (χ3n) is 5.46. The van der Waals surface area contributed by atoms with Gasteiger partial charge in [0.15, 0.2) is 0 Å². The van der Waals surface area contributed by atoms with Crippen molar-refractivity contribution in [2.24, 2.45) is 17.6 Å². The van der Waals surface area contributed by atoms with Crippen molar-refractivity contribution in [2.75, 3.05) is 11.9 Å². The van der Waals surface area contributed by atoms with Crippen LogP contribution < -0.4 is 30.5 Å². The Bertz CT molecular complexity index is 957. The third-order valence-corrected chi connectivity index (χ3v) is 5.99. The van der Waals surface area contributed by atoms with E-state index in [0.29, 0.717) is 30.9 Å². The van der Waals surface area contributed by atoms with Gasteiger partial charge in [-0.25, -0.2) is 8.32 Å². The summed E-state index contributed by atoms with van der Waals surface area (Å²) < 4.78 is 7.71. The fourth-order valence-corrected chi connectivity index (χ4v) is 3.45. The molecule has 0 aromatic heterocycles. The van der Waals surface area contributed by atoms with Crippen LogP contribution in [0.25, 0.3) is 0 Å². The molecule has 1 aromatic carbocycles. The molecule has 0 saturated carbocycles. The number of rotatable bonds is 17. The molecule has 1 unspecified atom stereocenters. The number of carbonyl (C=O) groups excluding carboxylic acids is 4. The van der Waals surface area contributed by atoms with E-state index in [9.17, 15) is 24.3 Å². The molecule has 39 heavy (non-hydrogen) atoms. The normalized spacial score (nSPS) is 13.6. The van der Waals surface area contributed by atoms with Crippen molar-refractivity contribution in [2.45, 2.75) is 72.1 Å². The number of benzene rings is 1. The van der Waals surface area contributed by atoms with E-state index < -0.39 is 36.3 Å². The maximum Gasteiger partial charge on any atom is 0.312 e. The van der Waals surface area contributed by atoms with Crippen molar-refractivity contribution in [1.82, 2.24) is 19.5 Å². The number of amides is 5. The van der Waals surface area contributed by atoms with E-state index in [1.165, 1.54) is 6.08 Å². The number of ether oxygens (including phenoxy) is 1. The van der Waals surface area contributed by atoms with Crippen LogP contribution in [0.15, 0.2) is 36.4 Å². The molecule has 0 fully saturated rings. The molecular weight excluding hydrogens is 619 g/mol. The number of hydrogen-bond donors (Lipinski definition) is 7. The van der Waals surface area contributed by atoms with Crippen molar-refractivity contribution in [3.05, 3.63) is 42.0 Å². The number of halogens is 1. The minimum absolute atomic E-state index is 0.158. The van der Waals surface area contributed by atoms with Crippen LogP contribution in [0.1, 0.15) is 52.5 Å². The molecule has 8 N–H and O–H groups in total. The van der Waals surface area contributed by atoms with Crippen LogP contribution >= 0.6 is 22.9 Å². The zero-order chi connectivity index (χ0) is 29.4. The van der Waals surface area contributed by atoms with Crippen molar-refractivity contribution >= 4 is 52.3 Å². The van der Waals surface area contributed by atoms with Gasteiger partial charge in [-0.15, -0.1) is 0 Å². The van der Waals surface area contributed by atoms with E-state index >= 15 is 0 Å². The Morgan fingerprint density at radius 2 is 1.72 bits per heavy atom. The molecular formula is C26H41IN6O6. The molecule has 5 amide bonds. The van der Waals surface area contributed by atoms with Crippen molar-refractivity contribution in [3.8, 4) is 0 Å². The summed E-state index contributed by atoms with van der Waals surface area (Å²) in [5, 5.41) is 20.2. The minimum Gasteiger partial charge on any atom is -0.355 e. The number of aliphatic hydroxyl groups excluding tert-OH is 1. The number of urea groups is 1. The smallest absolute Gasteiger partial charge is 0.312 e. The zero-order valence-electron chi connectivity index (χ0n) is 22.8. The predicted octanol–water partition coefficient (Wildman–Crippen LogP) is 2.03. The fraction of sp³-hybridized carbons (Fsp3) is 0.538. The first-order valence-electron chi connectivity index (χ1n) is 12.8. The van der Waals surface area contributed by atoms with Crippen LogP contribution in [-0.2, 0) is 25.7 Å². The monoisotopic (exact) mass is 660 g/mol. The summed E-state index contributed by atoms with van der Waals surface area (Å²) in [4.78, 5) is 49.6. The summed E-state index contributed by atoms with van der Waals surface area (Å²) in [7, 11) is 0. The van der Waals surface area contributed by atoms with Gasteiger partial charge in [-0.1, -0.05) is 52.0 Å². The number of carbonyl (C=O) groups is 4. The predicted molar refractivity (Wildman–Crippen MR) is 157 cm³/mol. The van der Waals surface area contributed by atoms with Crippen LogP contribution in [0.2, 0.25) is 0 Å². The number of nitrogens with two attached hydrogens (primary N) is 1. The molecule has 0 aliphatic carbocycles. The molecule has 0 spiro atoms. The number of aliphatic hydroxyl groups is 1. The summed E-state index contributed by atoms with van der Waals surface area (Å²) in [6, 6.07) is 4.28. The van der Waals surface area contributed by atoms with E-state index in [2.05, 4.69) is 24.8 Å². The van der Waals surface area contributed by atoms with Gasteiger partial charge in [0.05, 0.1) is 6.61 Å². The van der Waals surface area contributed by atoms with Gasteiger partial charge in [-0.3, -0.25) is 14.4 Å². The molecule has 12 nitrogen and oxygen atoms in total. The Kier molecular flexibility index (Phi) is 16.3. The van der Waals surface area contributed by atoms with Crippen molar-refractivity contribution < 1.29 is 29.0 Å². The van der Waals surface area contributed by atoms with Gasteiger partial charge in [0.2, 0.25) is 18.2 Å². The highest BCUT2D eigenvalue weighted by Crippen LogP contribution is 2.12. The largest absolute Gasteiger partial charge is 0.355 e. The molecule has 0 aliphatic rings. The quantitative estimate of drug-likeness (QED) is 0.0439. The van der Waals surface area contributed by atoms with Gasteiger partial charge in [0, 0.05) is 41.5 Å². The highest BCUT2D eigenvalue weighted by molar-refractivity contribution is 14.1. The molecule has 0 heterocycles. The molecule has 218 valence electrons. The van der Waals surface area contributed by atoms with E-state index in [1.54, 1.807) is 53.2 Å². The fourth-order valence-electron chi connectivity index (χ4n) is 3.27. The Labute approximate surface area is 243 Å². The summed E-state index contributed by atoms with van der Waals surface area (Å²) >= 11 is 1.77. The van der Waals surface area contributed by atoms with Crippen LogP contribution in [0, 0.1) is 11.8 Å². The minimum atomic E-state index is -1.10. The van der Waals surface area contributed by atoms with E-state index in [0.717, 1.165) is 5.56 Å². The average Bonchev–Trinajstić information content (AvgIpc) is 2.88. The van der Waals surface area contributed by atoms with Crippen LogP contribution in [0.4, 0.5) is 10.5 Å². The van der Waals surface area contributed by atoms with Gasteiger partial charge in [-0.05, 0) is 42.4 Å². The first-order chi connectivity index (χ1) is 18.4. The second kappa shape index (κ2) is 18.5. The second-order valence-electron chi connectivity index (χ2n) is 9.67. The Morgan fingerprint density at radius 1 is 1.05 bits per heavy atom. The van der Waals surface area contributed by atoms with Crippen LogP contribution in [0.5, 0.6) is 0 Å². The SMILES string of the molecule is CC(C)CCC(=O)N[C@H](C(=O)N[C@@H](/C=C/CCNC(N)=O)C(=O)Nc1ccc(COC(O)NI)cc1)C(C)C. The maximum atomic E-state index is 13.1. The highest BCUT2D eigenvalue weighted by atomic mass is 127. The summed E-state index contributed by atoms with van der Waals surface area (Å²) in [5.41, 5.74) is 6.34. The third kappa shape index (κ3) is 14.8. The lowest BCUT2D eigenvalue weighted by Gasteiger charge is -2.24. The van der Waals surface area contributed by atoms with E-state index in [1.807, 2.05) is 27.7 Å². The molecule has 0 saturated heterocycles. The molecule has 3 atom stereocenters. The molecule has 1 rings (SSSR count). The van der Waals surface area contributed by atoms with Gasteiger partial charge in [-0.2, -0.15) is 0 Å². The van der Waals surface area contributed by atoms with Crippen molar-refractivity contribution in [3.63, 3.8) is 0 Å². The maximum absolute atomic E-state index is 13.1. The van der Waals surface area contributed by atoms with Gasteiger partial charge in [0.25, 0.3) is 5.91 Å². The van der Waals surface area contributed by atoms with Crippen LogP contribution in [-0.4, -0.2) is 53.9 Å². The average molecular weight is 661 g/mol. The van der Waals surface area contributed by atoms with E-state index in [-0.39, 0.29) is 25.0 Å². The van der Waals surface area contributed by atoms with Gasteiger partial charge in [0.1, 0.15) is 12.1 Å². The molecule has 0 bridgehead atoms.